The van der Waals surface area contributed by atoms with Gasteiger partial charge in [-0.05, 0) is 43.7 Å². The van der Waals surface area contributed by atoms with Crippen LogP contribution in [0.15, 0.2) is 24.3 Å². The largest absolute Gasteiger partial charge is 0.386 e. The first kappa shape index (κ1) is 11.7. The van der Waals surface area contributed by atoms with Crippen LogP contribution in [0.3, 0.4) is 0 Å². The summed E-state index contributed by atoms with van der Waals surface area (Å²) in [7, 11) is 0. The molecule has 0 heterocycles. The molecule has 2 rings (SSSR count). The molecule has 1 heteroatoms. The molecule has 1 N–H and O–H groups in total. The summed E-state index contributed by atoms with van der Waals surface area (Å²) >= 11 is 0. The molecule has 1 fully saturated rings. The van der Waals surface area contributed by atoms with Crippen LogP contribution in [-0.2, 0) is 5.60 Å². The van der Waals surface area contributed by atoms with Gasteiger partial charge in [0.25, 0.3) is 0 Å². The Morgan fingerprint density at radius 2 is 1.56 bits per heavy atom. The minimum Gasteiger partial charge on any atom is -0.386 e. The summed E-state index contributed by atoms with van der Waals surface area (Å²) in [6.07, 6.45) is 6.82. The molecule has 1 saturated carbocycles. The standard InChI is InChI=1S/C15H22O/c1-15(2,16)14-10-8-13(9-11-14)12-6-4-3-5-7-12/h8-12,16H,3-7H2,1-2H3. The van der Waals surface area contributed by atoms with E-state index in [-0.39, 0.29) is 0 Å². The van der Waals surface area contributed by atoms with Gasteiger partial charge in [-0.1, -0.05) is 43.5 Å². The molecule has 1 aromatic carbocycles. The summed E-state index contributed by atoms with van der Waals surface area (Å²) in [6.45, 7) is 3.67. The Morgan fingerprint density at radius 1 is 1.00 bits per heavy atom. The van der Waals surface area contributed by atoms with E-state index in [9.17, 15) is 5.11 Å². The van der Waals surface area contributed by atoms with Crippen molar-refractivity contribution in [1.82, 2.24) is 0 Å². The predicted molar refractivity (Wildman–Crippen MR) is 67.5 cm³/mol. The van der Waals surface area contributed by atoms with Crippen molar-refractivity contribution in [1.29, 1.82) is 0 Å². The van der Waals surface area contributed by atoms with Crippen molar-refractivity contribution in [2.75, 3.05) is 0 Å². The minimum atomic E-state index is -0.717. The fourth-order valence-electron chi connectivity index (χ4n) is 2.60. The van der Waals surface area contributed by atoms with Gasteiger partial charge in [-0.2, -0.15) is 0 Å². The van der Waals surface area contributed by atoms with Crippen LogP contribution in [0.5, 0.6) is 0 Å². The number of rotatable bonds is 2. The van der Waals surface area contributed by atoms with Crippen LogP contribution in [0, 0.1) is 0 Å². The van der Waals surface area contributed by atoms with Gasteiger partial charge in [-0.3, -0.25) is 0 Å². The first-order valence-corrected chi connectivity index (χ1v) is 6.40. The highest BCUT2D eigenvalue weighted by Gasteiger charge is 2.18. The summed E-state index contributed by atoms with van der Waals surface area (Å²) in [5, 5.41) is 9.89. The Labute approximate surface area is 98.5 Å². The van der Waals surface area contributed by atoms with Crippen molar-refractivity contribution >= 4 is 0 Å². The second-order valence-corrected chi connectivity index (χ2v) is 5.52. The second-order valence-electron chi connectivity index (χ2n) is 5.52. The number of hydrogen-bond donors (Lipinski definition) is 1. The lowest BCUT2D eigenvalue weighted by molar-refractivity contribution is 0.0786. The zero-order valence-electron chi connectivity index (χ0n) is 10.4. The van der Waals surface area contributed by atoms with E-state index in [1.54, 1.807) is 0 Å². The molecular weight excluding hydrogens is 196 g/mol. The molecule has 1 aliphatic carbocycles. The first-order valence-electron chi connectivity index (χ1n) is 6.40. The highest BCUT2D eigenvalue weighted by atomic mass is 16.3. The van der Waals surface area contributed by atoms with Crippen LogP contribution < -0.4 is 0 Å². The summed E-state index contributed by atoms with van der Waals surface area (Å²) < 4.78 is 0. The van der Waals surface area contributed by atoms with Crippen LogP contribution >= 0.6 is 0 Å². The monoisotopic (exact) mass is 218 g/mol. The summed E-state index contributed by atoms with van der Waals surface area (Å²) in [6, 6.07) is 8.54. The van der Waals surface area contributed by atoms with E-state index in [2.05, 4.69) is 24.3 Å². The molecule has 0 spiro atoms. The van der Waals surface area contributed by atoms with Crippen molar-refractivity contribution < 1.29 is 5.11 Å². The van der Waals surface area contributed by atoms with Gasteiger partial charge in [0, 0.05) is 0 Å². The topological polar surface area (TPSA) is 20.2 Å². The molecule has 1 nitrogen and oxygen atoms in total. The third-order valence-corrected chi connectivity index (χ3v) is 3.69. The van der Waals surface area contributed by atoms with Gasteiger partial charge in [-0.15, -0.1) is 0 Å². The van der Waals surface area contributed by atoms with E-state index in [0.29, 0.717) is 0 Å². The van der Waals surface area contributed by atoms with Gasteiger partial charge in [0.15, 0.2) is 0 Å². The van der Waals surface area contributed by atoms with Gasteiger partial charge in [0.05, 0.1) is 5.60 Å². The first-order chi connectivity index (χ1) is 7.57. The van der Waals surface area contributed by atoms with Gasteiger partial charge in [-0.25, -0.2) is 0 Å². The molecule has 0 bridgehead atoms. The second kappa shape index (κ2) is 4.58. The van der Waals surface area contributed by atoms with Gasteiger partial charge < -0.3 is 5.11 Å². The van der Waals surface area contributed by atoms with E-state index in [0.717, 1.165) is 11.5 Å². The quantitative estimate of drug-likeness (QED) is 0.796. The fraction of sp³-hybridized carbons (Fsp3) is 0.600. The molecule has 1 aromatic rings. The van der Waals surface area contributed by atoms with Crippen LogP contribution in [0.1, 0.15) is 63.0 Å². The summed E-state index contributed by atoms with van der Waals surface area (Å²) in [5.41, 5.74) is 1.74. The van der Waals surface area contributed by atoms with Crippen LogP contribution in [0.2, 0.25) is 0 Å². The normalized spacial score (nSPS) is 18.7. The molecule has 88 valence electrons. The maximum Gasteiger partial charge on any atom is 0.0840 e. The van der Waals surface area contributed by atoms with Crippen LogP contribution in [-0.4, -0.2) is 5.11 Å². The molecule has 0 radical (unpaired) electrons. The van der Waals surface area contributed by atoms with E-state index >= 15 is 0 Å². The SMILES string of the molecule is CC(C)(O)c1ccc(C2CCCCC2)cc1. The lowest BCUT2D eigenvalue weighted by Gasteiger charge is -2.23. The summed E-state index contributed by atoms with van der Waals surface area (Å²) in [4.78, 5) is 0. The average molecular weight is 218 g/mol. The van der Waals surface area contributed by atoms with Crippen molar-refractivity contribution in [2.45, 2.75) is 57.5 Å². The van der Waals surface area contributed by atoms with Crippen molar-refractivity contribution in [3.8, 4) is 0 Å². The van der Waals surface area contributed by atoms with E-state index in [1.165, 1.54) is 37.7 Å². The number of benzene rings is 1. The Morgan fingerprint density at radius 3 is 2.06 bits per heavy atom. The lowest BCUT2D eigenvalue weighted by atomic mass is 9.83. The highest BCUT2D eigenvalue weighted by Crippen LogP contribution is 2.33. The smallest absolute Gasteiger partial charge is 0.0840 e. The zero-order chi connectivity index (χ0) is 11.6. The Kier molecular flexibility index (Phi) is 3.34. The van der Waals surface area contributed by atoms with Gasteiger partial charge in [0.2, 0.25) is 0 Å². The molecule has 0 aromatic heterocycles. The Hall–Kier alpha value is -0.820. The van der Waals surface area contributed by atoms with Gasteiger partial charge in [0.1, 0.15) is 0 Å². The molecule has 0 unspecified atom stereocenters. The molecule has 0 atom stereocenters. The van der Waals surface area contributed by atoms with Crippen LogP contribution in [0.25, 0.3) is 0 Å². The molecule has 16 heavy (non-hydrogen) atoms. The van der Waals surface area contributed by atoms with Crippen LogP contribution in [0.4, 0.5) is 0 Å². The predicted octanol–water partition coefficient (Wildman–Crippen LogP) is 3.96. The molecule has 0 amide bonds. The average Bonchev–Trinajstić information content (AvgIpc) is 2.29. The minimum absolute atomic E-state index is 0.717. The number of hydrogen-bond acceptors (Lipinski definition) is 1. The fourth-order valence-corrected chi connectivity index (χ4v) is 2.60. The van der Waals surface area contributed by atoms with Crippen molar-refractivity contribution in [2.24, 2.45) is 0 Å². The molecule has 0 aliphatic heterocycles. The Bertz CT molecular complexity index is 325. The van der Waals surface area contributed by atoms with Crippen molar-refractivity contribution in [3.05, 3.63) is 35.4 Å². The van der Waals surface area contributed by atoms with Crippen molar-refractivity contribution in [3.63, 3.8) is 0 Å². The Balaban J connectivity index is 2.12. The third-order valence-electron chi connectivity index (χ3n) is 3.69. The summed E-state index contributed by atoms with van der Waals surface area (Å²) in [5.74, 6) is 0.754. The third kappa shape index (κ3) is 2.65. The maximum absolute atomic E-state index is 9.89. The number of aliphatic hydroxyl groups is 1. The van der Waals surface area contributed by atoms with E-state index in [1.807, 2.05) is 13.8 Å². The van der Waals surface area contributed by atoms with E-state index in [4.69, 9.17) is 0 Å². The lowest BCUT2D eigenvalue weighted by Crippen LogP contribution is -2.15. The van der Waals surface area contributed by atoms with E-state index < -0.39 is 5.60 Å². The molecular formula is C15H22O. The molecule has 0 saturated heterocycles. The zero-order valence-corrected chi connectivity index (χ0v) is 10.4. The molecule has 1 aliphatic rings. The maximum atomic E-state index is 9.89. The highest BCUT2D eigenvalue weighted by molar-refractivity contribution is 5.28. The van der Waals surface area contributed by atoms with Gasteiger partial charge >= 0.3 is 0 Å².